The number of nitriles is 2. The predicted octanol–water partition coefficient (Wildman–Crippen LogP) is 3.09. The maximum Gasteiger partial charge on any atom is 0.253 e. The topological polar surface area (TPSA) is 92.8 Å². The summed E-state index contributed by atoms with van der Waals surface area (Å²) in [5.74, 6) is -0.235. The molecule has 4 rings (SSSR count). The molecule has 3 heterocycles. The Morgan fingerprint density at radius 2 is 2.11 bits per heavy atom. The van der Waals surface area contributed by atoms with Gasteiger partial charge in [0.1, 0.15) is 11.8 Å². The van der Waals surface area contributed by atoms with E-state index in [4.69, 9.17) is 16.9 Å². The van der Waals surface area contributed by atoms with Crippen LogP contribution in [0.4, 0.5) is 0 Å². The highest BCUT2D eigenvalue weighted by Crippen LogP contribution is 2.37. The molecule has 1 amide bonds. The molecule has 7 heteroatoms. The van der Waals surface area contributed by atoms with Gasteiger partial charge in [0.2, 0.25) is 0 Å². The first-order valence-corrected chi connectivity index (χ1v) is 9.14. The Kier molecular flexibility index (Phi) is 4.43. The van der Waals surface area contributed by atoms with E-state index in [0.717, 1.165) is 24.8 Å². The SMILES string of the molecule is N#Cc1cccc(-c2ccc(C(=O)N[C@@H]3C[C@@H]4CC[C@H]3N4C#N)c(Cl)c2)n1. The van der Waals surface area contributed by atoms with Crippen LogP contribution in [0.3, 0.4) is 0 Å². The van der Waals surface area contributed by atoms with E-state index in [2.05, 4.69) is 16.5 Å². The van der Waals surface area contributed by atoms with Gasteiger partial charge in [0.15, 0.2) is 6.19 Å². The number of hydrogen-bond donors (Lipinski definition) is 1. The molecule has 0 radical (unpaired) electrons. The molecule has 2 bridgehead atoms. The van der Waals surface area contributed by atoms with Gasteiger partial charge in [-0.3, -0.25) is 4.79 Å². The molecule has 3 atom stereocenters. The van der Waals surface area contributed by atoms with E-state index in [0.29, 0.717) is 22.0 Å². The highest BCUT2D eigenvalue weighted by atomic mass is 35.5. The van der Waals surface area contributed by atoms with Crippen LogP contribution >= 0.6 is 11.6 Å². The lowest BCUT2D eigenvalue weighted by molar-refractivity contribution is 0.0928. The van der Waals surface area contributed by atoms with Crippen molar-refractivity contribution in [3.63, 3.8) is 0 Å². The van der Waals surface area contributed by atoms with Crippen LogP contribution in [0.1, 0.15) is 35.3 Å². The van der Waals surface area contributed by atoms with Crippen LogP contribution in [0.2, 0.25) is 5.02 Å². The number of nitrogens with one attached hydrogen (secondary N) is 1. The number of amides is 1. The Morgan fingerprint density at radius 3 is 2.81 bits per heavy atom. The van der Waals surface area contributed by atoms with E-state index < -0.39 is 0 Å². The second-order valence-corrected chi connectivity index (χ2v) is 7.24. The van der Waals surface area contributed by atoms with Gasteiger partial charge in [-0.1, -0.05) is 23.7 Å². The van der Waals surface area contributed by atoms with Crippen LogP contribution in [0, 0.1) is 22.8 Å². The zero-order valence-electron chi connectivity index (χ0n) is 14.4. The number of fused-ring (bicyclic) bond motifs is 2. The molecule has 2 aliphatic rings. The van der Waals surface area contributed by atoms with Gasteiger partial charge >= 0.3 is 0 Å². The largest absolute Gasteiger partial charge is 0.347 e. The molecule has 0 aliphatic carbocycles. The molecule has 2 aliphatic heterocycles. The summed E-state index contributed by atoms with van der Waals surface area (Å²) in [4.78, 5) is 18.7. The van der Waals surface area contributed by atoms with Crippen molar-refractivity contribution in [3.05, 3.63) is 52.7 Å². The second-order valence-electron chi connectivity index (χ2n) is 6.84. The van der Waals surface area contributed by atoms with Crippen molar-refractivity contribution < 1.29 is 4.79 Å². The normalized spacial score (nSPS) is 22.9. The highest BCUT2D eigenvalue weighted by Gasteiger charge is 2.46. The first kappa shape index (κ1) is 17.3. The van der Waals surface area contributed by atoms with Crippen LogP contribution in [0.5, 0.6) is 0 Å². The summed E-state index contributed by atoms with van der Waals surface area (Å²) in [5, 5.41) is 21.6. The van der Waals surface area contributed by atoms with Gasteiger partial charge in [-0.15, -0.1) is 0 Å². The Hall–Kier alpha value is -3.09. The second kappa shape index (κ2) is 6.90. The smallest absolute Gasteiger partial charge is 0.253 e. The lowest BCUT2D eigenvalue weighted by Gasteiger charge is -2.22. The Bertz CT molecular complexity index is 993. The molecule has 0 unspecified atom stereocenters. The van der Waals surface area contributed by atoms with Crippen molar-refractivity contribution in [1.29, 1.82) is 10.5 Å². The Morgan fingerprint density at radius 1 is 1.26 bits per heavy atom. The van der Waals surface area contributed by atoms with Gasteiger partial charge in [0.25, 0.3) is 5.91 Å². The lowest BCUT2D eigenvalue weighted by Crippen LogP contribution is -2.43. The van der Waals surface area contributed by atoms with E-state index >= 15 is 0 Å². The number of carbonyl (C=O) groups is 1. The fourth-order valence-electron chi connectivity index (χ4n) is 4.06. The summed E-state index contributed by atoms with van der Waals surface area (Å²) in [6.07, 6.45) is 4.97. The Labute approximate surface area is 162 Å². The highest BCUT2D eigenvalue weighted by molar-refractivity contribution is 6.34. The third kappa shape index (κ3) is 3.09. The van der Waals surface area contributed by atoms with Crippen molar-refractivity contribution in [1.82, 2.24) is 15.2 Å². The zero-order valence-corrected chi connectivity index (χ0v) is 15.1. The molecular formula is C20H16ClN5O. The molecule has 1 N–H and O–H groups in total. The average molecular weight is 378 g/mol. The van der Waals surface area contributed by atoms with Gasteiger partial charge < -0.3 is 10.2 Å². The predicted molar refractivity (Wildman–Crippen MR) is 99.5 cm³/mol. The molecular weight excluding hydrogens is 362 g/mol. The van der Waals surface area contributed by atoms with E-state index in [-0.39, 0.29) is 24.0 Å². The number of pyridine rings is 1. The fourth-order valence-corrected chi connectivity index (χ4v) is 4.33. The van der Waals surface area contributed by atoms with Crippen molar-refractivity contribution in [2.24, 2.45) is 0 Å². The molecule has 27 heavy (non-hydrogen) atoms. The van der Waals surface area contributed by atoms with Crippen molar-refractivity contribution >= 4 is 17.5 Å². The maximum atomic E-state index is 12.7. The minimum atomic E-state index is -0.235. The average Bonchev–Trinajstić information content (AvgIpc) is 3.24. The standard InChI is InChI=1S/C20H16ClN5O/c21-16-8-12(17-3-1-2-13(10-22)24-17)4-6-15(16)20(27)25-18-9-14-5-7-19(18)26(14)11-23/h1-4,6,8,14,18-19H,5,7,9H2,(H,25,27)/t14-,18+,19+/m0/s1. The van der Waals surface area contributed by atoms with Gasteiger partial charge in [-0.2, -0.15) is 10.5 Å². The Balaban J connectivity index is 1.52. The van der Waals surface area contributed by atoms with Gasteiger partial charge in [-0.05, 0) is 43.5 Å². The number of halogens is 1. The maximum absolute atomic E-state index is 12.7. The molecule has 2 aromatic rings. The molecule has 0 spiro atoms. The third-order valence-corrected chi connectivity index (χ3v) is 5.65. The van der Waals surface area contributed by atoms with Crippen LogP contribution < -0.4 is 5.32 Å². The van der Waals surface area contributed by atoms with E-state index in [9.17, 15) is 10.1 Å². The first-order chi connectivity index (χ1) is 13.1. The van der Waals surface area contributed by atoms with Crippen LogP contribution in [-0.2, 0) is 0 Å². The summed E-state index contributed by atoms with van der Waals surface area (Å²) < 4.78 is 0. The third-order valence-electron chi connectivity index (χ3n) is 5.34. The van der Waals surface area contributed by atoms with Crippen LogP contribution in [-0.4, -0.2) is 33.9 Å². The summed E-state index contributed by atoms with van der Waals surface area (Å²) in [5.41, 5.74) is 2.08. The first-order valence-electron chi connectivity index (χ1n) is 8.76. The monoisotopic (exact) mass is 377 g/mol. The van der Waals surface area contributed by atoms with Crippen LogP contribution in [0.25, 0.3) is 11.3 Å². The molecule has 2 saturated heterocycles. The van der Waals surface area contributed by atoms with Crippen molar-refractivity contribution in [2.45, 2.75) is 37.4 Å². The van der Waals surface area contributed by atoms with E-state index in [1.807, 2.05) is 11.0 Å². The van der Waals surface area contributed by atoms with Crippen molar-refractivity contribution in [2.75, 3.05) is 0 Å². The number of rotatable bonds is 3. The number of benzene rings is 1. The molecule has 1 aromatic carbocycles. The van der Waals surface area contributed by atoms with Crippen molar-refractivity contribution in [3.8, 4) is 23.5 Å². The number of nitrogens with zero attached hydrogens (tertiary/aromatic N) is 4. The zero-order chi connectivity index (χ0) is 19.0. The van der Waals surface area contributed by atoms with Crippen LogP contribution in [0.15, 0.2) is 36.4 Å². The number of aromatic nitrogens is 1. The summed E-state index contributed by atoms with van der Waals surface area (Å²) in [6.45, 7) is 0. The van der Waals surface area contributed by atoms with Gasteiger partial charge in [0, 0.05) is 11.6 Å². The summed E-state index contributed by atoms with van der Waals surface area (Å²) >= 11 is 6.35. The lowest BCUT2D eigenvalue weighted by atomic mass is 9.95. The minimum absolute atomic E-state index is 0.0272. The molecule has 1 aromatic heterocycles. The number of hydrogen-bond acceptors (Lipinski definition) is 5. The molecule has 6 nitrogen and oxygen atoms in total. The number of carbonyl (C=O) groups excluding carboxylic acids is 1. The molecule has 134 valence electrons. The van der Waals surface area contributed by atoms with E-state index in [1.165, 1.54) is 0 Å². The molecule has 0 saturated carbocycles. The quantitative estimate of drug-likeness (QED) is 0.829. The van der Waals surface area contributed by atoms with Gasteiger partial charge in [0.05, 0.1) is 28.4 Å². The minimum Gasteiger partial charge on any atom is -0.347 e. The summed E-state index contributed by atoms with van der Waals surface area (Å²) in [6, 6.07) is 12.6. The van der Waals surface area contributed by atoms with Gasteiger partial charge in [-0.25, -0.2) is 4.98 Å². The summed E-state index contributed by atoms with van der Waals surface area (Å²) in [7, 11) is 0. The fraction of sp³-hybridized carbons (Fsp3) is 0.300. The molecule has 2 fully saturated rings. The van der Waals surface area contributed by atoms with E-state index in [1.54, 1.807) is 36.4 Å².